The first kappa shape index (κ1) is 34.1. The third kappa shape index (κ3) is 5.54. The number of rotatable bonds is 6. The van der Waals surface area contributed by atoms with Gasteiger partial charge in [0, 0.05) is 22.2 Å². The topological polar surface area (TPSA) is 3.24 Å². The second-order valence-electron chi connectivity index (χ2n) is 16.1. The van der Waals surface area contributed by atoms with Gasteiger partial charge in [-0.15, -0.1) is 0 Å². The molecule has 0 unspecified atom stereocenters. The van der Waals surface area contributed by atoms with Crippen molar-refractivity contribution in [2.45, 2.75) is 19.3 Å². The summed E-state index contributed by atoms with van der Waals surface area (Å²) in [5, 5.41) is 7.48. The van der Waals surface area contributed by atoms with Crippen LogP contribution in [-0.2, 0) is 5.41 Å². The van der Waals surface area contributed by atoms with Crippen molar-refractivity contribution in [3.8, 4) is 44.5 Å². The zero-order valence-electron chi connectivity index (χ0n) is 32.7. The van der Waals surface area contributed by atoms with Gasteiger partial charge >= 0.3 is 0 Å². The first-order valence-corrected chi connectivity index (χ1v) is 20.3. The van der Waals surface area contributed by atoms with Crippen molar-refractivity contribution in [3.63, 3.8) is 0 Å². The van der Waals surface area contributed by atoms with Gasteiger partial charge in [0.15, 0.2) is 0 Å². The molecule has 0 amide bonds. The van der Waals surface area contributed by atoms with E-state index in [2.05, 4.69) is 231 Å². The average Bonchev–Trinajstić information content (AvgIpc) is 3.52. The Kier molecular flexibility index (Phi) is 7.91. The highest BCUT2D eigenvalue weighted by molar-refractivity contribution is 6.14. The van der Waals surface area contributed by atoms with Crippen LogP contribution in [0.2, 0.25) is 0 Å². The fourth-order valence-electron chi connectivity index (χ4n) is 9.48. The monoisotopic (exact) mass is 739 g/mol. The average molecular weight is 740 g/mol. The summed E-state index contributed by atoms with van der Waals surface area (Å²) in [5.41, 5.74) is 16.1. The zero-order chi connectivity index (χ0) is 38.8. The van der Waals surface area contributed by atoms with Crippen molar-refractivity contribution in [1.29, 1.82) is 0 Å². The van der Waals surface area contributed by atoms with E-state index in [0.29, 0.717) is 0 Å². The number of fused-ring (bicyclic) bond motifs is 7. The highest BCUT2D eigenvalue weighted by Gasteiger charge is 2.35. The lowest BCUT2D eigenvalue weighted by Gasteiger charge is -2.28. The molecule has 1 aliphatic carbocycles. The standard InChI is InChI=1S/C57H41N/c1-57(2)54-24-10-9-21-51(54)52-34-29-42(36-55(52)57)39-27-32-46(33-28-39)58(56-37-44-14-4-6-19-49(44)50-20-7-8-22-53(50)56)45-30-25-38(26-31-45)41-16-11-17-43(35-41)48-23-12-15-40-13-3-5-18-47(40)48/h3-37H,1-2H3. The lowest BCUT2D eigenvalue weighted by Crippen LogP contribution is -2.14. The number of hydrogen-bond donors (Lipinski definition) is 0. The molecule has 0 saturated heterocycles. The molecule has 1 heteroatoms. The van der Waals surface area contributed by atoms with E-state index < -0.39 is 0 Å². The highest BCUT2D eigenvalue weighted by Crippen LogP contribution is 2.50. The van der Waals surface area contributed by atoms with Gasteiger partial charge in [0.25, 0.3) is 0 Å². The summed E-state index contributed by atoms with van der Waals surface area (Å²) in [5.74, 6) is 0. The maximum atomic E-state index is 2.43. The Morgan fingerprint density at radius 1 is 0.310 bits per heavy atom. The SMILES string of the molecule is CC1(C)c2ccccc2-c2ccc(-c3ccc(N(c4ccc(-c5cccc(-c6cccc7ccccc67)c5)cc4)c4cc5ccccc5c5ccccc45)cc3)cc21. The van der Waals surface area contributed by atoms with Crippen molar-refractivity contribution < 1.29 is 0 Å². The minimum absolute atomic E-state index is 0.0424. The van der Waals surface area contributed by atoms with Crippen LogP contribution in [0, 0.1) is 0 Å². The molecular weight excluding hydrogens is 699 g/mol. The summed E-state index contributed by atoms with van der Waals surface area (Å²) in [6, 6.07) is 78.2. The molecule has 0 saturated carbocycles. The summed E-state index contributed by atoms with van der Waals surface area (Å²) in [4.78, 5) is 2.43. The molecule has 10 aromatic carbocycles. The Balaban J connectivity index is 1.01. The Hall–Kier alpha value is -7.22. The summed E-state index contributed by atoms with van der Waals surface area (Å²) in [6.45, 7) is 4.70. The molecule has 0 atom stereocenters. The number of anilines is 3. The second kappa shape index (κ2) is 13.5. The lowest BCUT2D eigenvalue weighted by molar-refractivity contribution is 0.660. The first-order valence-electron chi connectivity index (χ1n) is 20.3. The smallest absolute Gasteiger partial charge is 0.0546 e. The predicted molar refractivity (Wildman–Crippen MR) is 248 cm³/mol. The second-order valence-corrected chi connectivity index (χ2v) is 16.1. The van der Waals surface area contributed by atoms with Crippen LogP contribution in [0.1, 0.15) is 25.0 Å². The van der Waals surface area contributed by atoms with E-state index in [-0.39, 0.29) is 5.41 Å². The van der Waals surface area contributed by atoms with Gasteiger partial charge in [-0.3, -0.25) is 0 Å². The molecule has 10 aromatic rings. The minimum Gasteiger partial charge on any atom is -0.310 e. The van der Waals surface area contributed by atoms with Crippen molar-refractivity contribution in [1.82, 2.24) is 0 Å². The van der Waals surface area contributed by atoms with Crippen LogP contribution in [0.15, 0.2) is 212 Å². The first-order chi connectivity index (χ1) is 28.5. The molecule has 274 valence electrons. The van der Waals surface area contributed by atoms with Gasteiger partial charge in [0.1, 0.15) is 0 Å². The van der Waals surface area contributed by atoms with Crippen molar-refractivity contribution in [2.75, 3.05) is 4.90 Å². The molecule has 0 aliphatic heterocycles. The quantitative estimate of drug-likeness (QED) is 0.154. The minimum atomic E-state index is -0.0424. The largest absolute Gasteiger partial charge is 0.310 e. The van der Waals surface area contributed by atoms with Crippen LogP contribution in [-0.4, -0.2) is 0 Å². The molecule has 1 aliphatic rings. The molecule has 0 bridgehead atoms. The predicted octanol–water partition coefficient (Wildman–Crippen LogP) is 15.9. The van der Waals surface area contributed by atoms with Crippen molar-refractivity contribution in [2.24, 2.45) is 0 Å². The fraction of sp³-hybridized carbons (Fsp3) is 0.0526. The fourth-order valence-corrected chi connectivity index (χ4v) is 9.48. The van der Waals surface area contributed by atoms with Crippen molar-refractivity contribution >= 4 is 49.4 Å². The van der Waals surface area contributed by atoms with Crippen LogP contribution >= 0.6 is 0 Å². The molecule has 0 heterocycles. The molecule has 1 nitrogen and oxygen atoms in total. The number of hydrogen-bond acceptors (Lipinski definition) is 1. The van der Waals surface area contributed by atoms with E-state index in [9.17, 15) is 0 Å². The maximum absolute atomic E-state index is 2.43. The van der Waals surface area contributed by atoms with Gasteiger partial charge in [0.05, 0.1) is 5.69 Å². The van der Waals surface area contributed by atoms with Gasteiger partial charge in [0.2, 0.25) is 0 Å². The molecule has 0 aromatic heterocycles. The highest BCUT2D eigenvalue weighted by atomic mass is 15.1. The molecule has 0 fully saturated rings. The van der Waals surface area contributed by atoms with E-state index >= 15 is 0 Å². The lowest BCUT2D eigenvalue weighted by atomic mass is 9.81. The summed E-state index contributed by atoms with van der Waals surface area (Å²) in [6.07, 6.45) is 0. The molecule has 0 spiro atoms. The van der Waals surface area contributed by atoms with Crippen LogP contribution in [0.3, 0.4) is 0 Å². The Morgan fingerprint density at radius 2 is 0.828 bits per heavy atom. The van der Waals surface area contributed by atoms with Gasteiger partial charge in [-0.05, 0) is 125 Å². The summed E-state index contributed by atoms with van der Waals surface area (Å²) in [7, 11) is 0. The Labute approximate surface area is 340 Å². The number of benzene rings is 10. The molecule has 0 N–H and O–H groups in total. The normalized spacial score (nSPS) is 12.8. The Morgan fingerprint density at radius 3 is 1.59 bits per heavy atom. The van der Waals surface area contributed by atoms with E-state index in [0.717, 1.165) is 17.1 Å². The summed E-state index contributed by atoms with van der Waals surface area (Å²) < 4.78 is 0. The van der Waals surface area contributed by atoms with Crippen LogP contribution in [0.5, 0.6) is 0 Å². The third-order valence-electron chi connectivity index (χ3n) is 12.5. The van der Waals surface area contributed by atoms with Gasteiger partial charge in [-0.25, -0.2) is 0 Å². The third-order valence-corrected chi connectivity index (χ3v) is 12.5. The van der Waals surface area contributed by atoms with E-state index in [1.54, 1.807) is 0 Å². The van der Waals surface area contributed by atoms with E-state index in [1.807, 2.05) is 0 Å². The van der Waals surface area contributed by atoms with Gasteiger partial charge in [-0.2, -0.15) is 0 Å². The Bertz CT molecular complexity index is 3180. The molecule has 11 rings (SSSR count). The van der Waals surface area contributed by atoms with Gasteiger partial charge in [-0.1, -0.05) is 184 Å². The van der Waals surface area contributed by atoms with Gasteiger partial charge < -0.3 is 4.90 Å². The molecule has 0 radical (unpaired) electrons. The number of nitrogens with zero attached hydrogens (tertiary/aromatic N) is 1. The van der Waals surface area contributed by atoms with Crippen LogP contribution in [0.25, 0.3) is 76.8 Å². The van der Waals surface area contributed by atoms with E-state index in [4.69, 9.17) is 0 Å². The summed E-state index contributed by atoms with van der Waals surface area (Å²) >= 11 is 0. The van der Waals surface area contributed by atoms with E-state index in [1.165, 1.54) is 88.0 Å². The molecule has 58 heavy (non-hydrogen) atoms. The van der Waals surface area contributed by atoms with Crippen LogP contribution in [0.4, 0.5) is 17.1 Å². The zero-order valence-corrected chi connectivity index (χ0v) is 32.7. The maximum Gasteiger partial charge on any atom is 0.0546 e. The van der Waals surface area contributed by atoms with Crippen molar-refractivity contribution in [3.05, 3.63) is 223 Å². The molecular formula is C57H41N. The van der Waals surface area contributed by atoms with Crippen LogP contribution < -0.4 is 4.90 Å².